The second kappa shape index (κ2) is 10.3. The minimum atomic E-state index is -4.93. The Morgan fingerprint density at radius 3 is 2.76 bits per heavy atom. The number of anilines is 2. The van der Waals surface area contributed by atoms with E-state index >= 15 is 0 Å². The molecule has 3 aromatic heterocycles. The molecule has 2 atom stereocenters. The van der Waals surface area contributed by atoms with E-state index < -0.39 is 75.4 Å². The van der Waals surface area contributed by atoms with E-state index in [1.54, 1.807) is 4.90 Å². The van der Waals surface area contributed by atoms with Gasteiger partial charge in [0.1, 0.15) is 12.5 Å². The van der Waals surface area contributed by atoms with Crippen LogP contribution in [0.3, 0.4) is 0 Å². The molecule has 240 valence electrons. The van der Waals surface area contributed by atoms with Crippen LogP contribution >= 0.6 is 16.3 Å². The summed E-state index contributed by atoms with van der Waals surface area (Å²) in [5.74, 6) is -3.97. The summed E-state index contributed by atoms with van der Waals surface area (Å²) in [6, 6.07) is 0. The number of fused-ring (bicyclic) bond motifs is 5. The second-order valence-corrected chi connectivity index (χ2v) is 12.6. The molecule has 24 heteroatoms. The number of nitrogens with one attached hydrogen (secondary N) is 4. The van der Waals surface area contributed by atoms with Gasteiger partial charge in [-0.25, -0.2) is 14.1 Å². The van der Waals surface area contributed by atoms with Crippen molar-refractivity contribution in [1.29, 1.82) is 0 Å². The molecule has 1 fully saturated rings. The highest BCUT2D eigenvalue weighted by molar-refractivity contribution is 7.55. The van der Waals surface area contributed by atoms with E-state index in [-0.39, 0.29) is 29.7 Å². The molecule has 22 nitrogen and oxygen atoms in total. The topological polar surface area (TPSA) is 310 Å². The molecule has 2 bridgehead atoms. The highest BCUT2D eigenvalue weighted by Crippen LogP contribution is 2.61. The molecule has 7 rings (SSSR count). The molecule has 0 spiro atoms. The summed E-state index contributed by atoms with van der Waals surface area (Å²) < 4.78 is 33.1. The molecule has 4 aliphatic rings. The van der Waals surface area contributed by atoms with Crippen LogP contribution in [0.25, 0.3) is 17.0 Å². The van der Waals surface area contributed by atoms with E-state index in [4.69, 9.17) is 33.0 Å². The first-order chi connectivity index (χ1) is 21.3. The molecule has 0 aliphatic carbocycles. The first-order valence-corrected chi connectivity index (χ1v) is 15.9. The third-order valence-corrected chi connectivity index (χ3v) is 8.61. The predicted octanol–water partition coefficient (Wildman–Crippen LogP) is -1.60. The molecule has 7 heterocycles. The molecule has 1 saturated heterocycles. The maximum atomic E-state index is 12.3. The van der Waals surface area contributed by atoms with Gasteiger partial charge in [-0.1, -0.05) is 0 Å². The number of nitrogens with zero attached hydrogens (tertiary/aromatic N) is 4. The Bertz CT molecular complexity index is 1870. The van der Waals surface area contributed by atoms with Gasteiger partial charge in [0.05, 0.1) is 19.0 Å². The van der Waals surface area contributed by atoms with E-state index in [0.29, 0.717) is 12.9 Å². The quantitative estimate of drug-likeness (QED) is 0.136. The lowest BCUT2D eigenvalue weighted by Gasteiger charge is -2.29. The van der Waals surface area contributed by atoms with Gasteiger partial charge in [0.2, 0.25) is 17.6 Å². The minimum Gasteiger partial charge on any atom is -0.500 e. The highest BCUT2D eigenvalue weighted by Gasteiger charge is 2.53. The maximum absolute atomic E-state index is 12.3. The van der Waals surface area contributed by atoms with Gasteiger partial charge in [-0.2, -0.15) is 24.6 Å². The highest BCUT2D eigenvalue weighted by atomic mass is 31.2. The predicted molar refractivity (Wildman–Crippen MR) is 150 cm³/mol. The van der Waals surface area contributed by atoms with Crippen molar-refractivity contribution < 1.29 is 57.0 Å². The Morgan fingerprint density at radius 2 is 1.96 bits per heavy atom. The zero-order valence-electron chi connectivity index (χ0n) is 22.7. The Balaban J connectivity index is 1.28. The summed E-state index contributed by atoms with van der Waals surface area (Å²) in [6.45, 7) is 1.52. The molecule has 4 aliphatic heterocycles. The van der Waals surface area contributed by atoms with E-state index in [2.05, 4.69) is 30.9 Å². The number of aromatic hydroxyl groups is 1. The van der Waals surface area contributed by atoms with Crippen LogP contribution in [0, 0.1) is 0 Å². The number of hydrogen-bond donors (Lipinski definition) is 11. The monoisotopic (exact) mass is 673 g/mol. The van der Waals surface area contributed by atoms with E-state index in [0.717, 1.165) is 22.3 Å². The van der Waals surface area contributed by atoms with Gasteiger partial charge in [-0.3, -0.25) is 24.1 Å². The smallest absolute Gasteiger partial charge is 0.500 e. The van der Waals surface area contributed by atoms with Crippen LogP contribution in [-0.4, -0.2) is 74.9 Å². The molecule has 0 radical (unpaired) electrons. The summed E-state index contributed by atoms with van der Waals surface area (Å²) in [5, 5.41) is 31.5. The van der Waals surface area contributed by atoms with Gasteiger partial charge in [-0.15, -0.1) is 4.52 Å². The fraction of sp³-hybridized carbons (Fsp3) is 0.286. The van der Waals surface area contributed by atoms with Crippen molar-refractivity contribution in [2.75, 3.05) is 24.0 Å². The SMILES string of the molecule is CC1=C2NCN(c3oc4c(c3O)O[P+](O)(O)O/C=C3/OC(n5cnc6c(=O)[nH]c(N)nc65)=C(O[P+](O)(O)OC4)[C@@H]3O)C2NCN1. The fourth-order valence-corrected chi connectivity index (χ4v) is 6.38. The average Bonchev–Trinajstić information content (AvgIpc) is 3.72. The Hall–Kier alpha value is -4.37. The number of imidazole rings is 1. The van der Waals surface area contributed by atoms with Gasteiger partial charge in [-0.05, 0) is 6.92 Å². The van der Waals surface area contributed by atoms with Crippen molar-refractivity contribution in [1.82, 2.24) is 35.5 Å². The number of rotatable bonds is 2. The molecule has 0 aromatic carbocycles. The molecule has 45 heavy (non-hydrogen) atoms. The normalized spacial score (nSPS) is 25.2. The number of aromatic nitrogens is 4. The number of aliphatic hydroxyl groups is 1. The van der Waals surface area contributed by atoms with Gasteiger partial charge in [0, 0.05) is 5.70 Å². The third kappa shape index (κ3) is 5.03. The molecular weight excluding hydrogens is 648 g/mol. The lowest BCUT2D eigenvalue weighted by molar-refractivity contribution is 0.102. The number of furan rings is 1. The number of aromatic amines is 1. The minimum absolute atomic E-state index is 0.148. The standard InChI is InChI=1S/C21H23N9O13P2/c1-7-10-16(24-4-23-7)29(5-25-10)19-13(32)14-9(41-19)3-39-45(36,37)43-15-12(31)8(2-38-44(34,35)42-14)40-20(15)30-6-26-11-17(30)27-21(22)28-18(11)33/h2,6,12,16,23-25,31,34-37H,3-5H2,1H3,(H2-2,22,27,28,32,33)/p+2/b8-2+/t12-,16?/m1/s1. The summed E-state index contributed by atoms with van der Waals surface area (Å²) in [6.07, 6.45) is -0.826. The number of aliphatic hydroxyl groups excluding tert-OH is 1. The number of nitrogen functional groups attached to an aromatic ring is 1. The van der Waals surface area contributed by atoms with Gasteiger partial charge >= 0.3 is 16.3 Å². The van der Waals surface area contributed by atoms with Crippen LogP contribution in [0.5, 0.6) is 11.5 Å². The van der Waals surface area contributed by atoms with Crippen molar-refractivity contribution in [3.05, 3.63) is 51.6 Å². The molecule has 12 N–H and O–H groups in total. The van der Waals surface area contributed by atoms with E-state index in [1.807, 2.05) is 6.92 Å². The third-order valence-electron chi connectivity index (χ3n) is 6.91. The number of ether oxygens (including phenoxy) is 1. The number of H-pyrrole nitrogens is 1. The van der Waals surface area contributed by atoms with Crippen LogP contribution in [-0.2, 0) is 24.9 Å². The van der Waals surface area contributed by atoms with Crippen molar-refractivity contribution in [2.24, 2.45) is 0 Å². The van der Waals surface area contributed by atoms with Crippen molar-refractivity contribution in [3.63, 3.8) is 0 Å². The lowest BCUT2D eigenvalue weighted by Crippen LogP contribution is -2.49. The summed E-state index contributed by atoms with van der Waals surface area (Å²) >= 11 is 0. The number of nitrogens with two attached hydrogens (primary N) is 1. The van der Waals surface area contributed by atoms with Crippen molar-refractivity contribution in [3.8, 4) is 11.5 Å². The Kier molecular flexibility index (Phi) is 6.74. The van der Waals surface area contributed by atoms with Gasteiger partial charge in [0.15, 0.2) is 41.7 Å². The van der Waals surface area contributed by atoms with Crippen molar-refractivity contribution in [2.45, 2.75) is 25.8 Å². The van der Waals surface area contributed by atoms with Crippen LogP contribution < -0.4 is 36.7 Å². The first-order valence-electron chi connectivity index (χ1n) is 12.8. The van der Waals surface area contributed by atoms with Crippen LogP contribution in [0.4, 0.5) is 11.8 Å². The number of allylic oxidation sites excluding steroid dienone is 1. The molecular formula is C21H25N9O13P2+2. The largest absolute Gasteiger partial charge is 0.663 e. The first kappa shape index (κ1) is 29.3. The van der Waals surface area contributed by atoms with Crippen LogP contribution in [0.15, 0.2) is 44.7 Å². The molecule has 1 unspecified atom stereocenters. The Morgan fingerprint density at radius 1 is 1.16 bits per heavy atom. The summed E-state index contributed by atoms with van der Waals surface area (Å²) in [5.41, 5.74) is 6.18. The zero-order valence-corrected chi connectivity index (χ0v) is 24.5. The van der Waals surface area contributed by atoms with Crippen LogP contribution in [0.2, 0.25) is 0 Å². The lowest BCUT2D eigenvalue weighted by atomic mass is 10.2. The molecule has 0 saturated carbocycles. The molecule has 3 aromatic rings. The van der Waals surface area contributed by atoms with Crippen LogP contribution in [0.1, 0.15) is 12.7 Å². The van der Waals surface area contributed by atoms with Gasteiger partial charge < -0.3 is 40.6 Å². The second-order valence-electron chi connectivity index (χ2n) is 9.79. The van der Waals surface area contributed by atoms with E-state index in [1.165, 1.54) is 0 Å². The average molecular weight is 673 g/mol. The summed E-state index contributed by atoms with van der Waals surface area (Å²) in [7, 11) is -9.86. The van der Waals surface area contributed by atoms with E-state index in [9.17, 15) is 34.6 Å². The zero-order chi connectivity index (χ0) is 31.8. The fourth-order valence-electron chi connectivity index (χ4n) is 4.90. The molecule has 0 amide bonds. The Labute approximate surface area is 250 Å². The van der Waals surface area contributed by atoms with Crippen molar-refractivity contribution >= 4 is 45.2 Å². The number of hydrogen-bond acceptors (Lipinski definition) is 20. The summed E-state index contributed by atoms with van der Waals surface area (Å²) in [4.78, 5) is 66.8. The van der Waals surface area contributed by atoms with Gasteiger partial charge in [0.25, 0.3) is 23.0 Å². The maximum Gasteiger partial charge on any atom is 0.663 e.